The van der Waals surface area contributed by atoms with Gasteiger partial charge >= 0.3 is 0 Å². The van der Waals surface area contributed by atoms with E-state index in [1.165, 1.54) is 86.7 Å². The summed E-state index contributed by atoms with van der Waals surface area (Å²) in [5.41, 5.74) is 14.2. The lowest BCUT2D eigenvalue weighted by Gasteiger charge is -2.26. The summed E-state index contributed by atoms with van der Waals surface area (Å²) in [5, 5.41) is 2.44. The molecule has 2 heteroatoms. The maximum Gasteiger partial charge on any atom is 0.216 e. The third-order valence-electron chi connectivity index (χ3n) is 8.70. The van der Waals surface area contributed by atoms with Crippen LogP contribution in [-0.4, -0.2) is 0 Å². The molecule has 168 valence electrons. The zero-order chi connectivity index (χ0) is 23.2. The molecule has 0 bridgehead atoms. The van der Waals surface area contributed by atoms with Crippen molar-refractivity contribution in [3.8, 4) is 22.4 Å². The van der Waals surface area contributed by atoms with Gasteiger partial charge in [-0.15, -0.1) is 0 Å². The molecule has 7 rings (SSSR count). The standard InChI is InChI=1S/C32H30NO/c1-19-11-12-22-23-13-14-26-29(24-9-5-6-10-25(24)32(26)15-7-8-16-32)31(23)34-30(22)28(19)27-17-20(2)21(3)18-33(27)4/h5-6,9-14,17-18H,7-8,15-16H2,1-4H3/q+1. The third kappa shape index (κ3) is 2.44. The van der Waals surface area contributed by atoms with E-state index in [-0.39, 0.29) is 5.41 Å². The molecule has 1 spiro atoms. The highest BCUT2D eigenvalue weighted by Gasteiger charge is 2.46. The molecule has 1 fully saturated rings. The van der Waals surface area contributed by atoms with Gasteiger partial charge in [0.1, 0.15) is 18.2 Å². The van der Waals surface area contributed by atoms with Gasteiger partial charge in [0.15, 0.2) is 6.20 Å². The SMILES string of the molecule is Cc1cc(-c2c(C)ccc3c2oc2c4c(ccc23)C2(CCCC2)c2ccccc2-4)[n+](C)cc1C. The Bertz CT molecular complexity index is 1650. The molecule has 2 aliphatic carbocycles. The van der Waals surface area contributed by atoms with Crippen LogP contribution >= 0.6 is 0 Å². The monoisotopic (exact) mass is 444 g/mol. The first kappa shape index (κ1) is 20.0. The summed E-state index contributed by atoms with van der Waals surface area (Å²) in [5.74, 6) is 0. The van der Waals surface area contributed by atoms with Gasteiger partial charge in [-0.2, -0.15) is 0 Å². The highest BCUT2D eigenvalue weighted by Crippen LogP contribution is 2.59. The van der Waals surface area contributed by atoms with Crippen molar-refractivity contribution in [2.24, 2.45) is 7.05 Å². The number of hydrogen-bond acceptors (Lipinski definition) is 1. The Hall–Kier alpha value is -3.39. The summed E-state index contributed by atoms with van der Waals surface area (Å²) in [6, 6.07) is 20.6. The molecule has 34 heavy (non-hydrogen) atoms. The molecule has 2 nitrogen and oxygen atoms in total. The Morgan fingerprint density at radius 2 is 1.44 bits per heavy atom. The molecular weight excluding hydrogens is 414 g/mol. The summed E-state index contributed by atoms with van der Waals surface area (Å²) in [7, 11) is 2.14. The van der Waals surface area contributed by atoms with Crippen LogP contribution in [0.15, 0.2) is 65.2 Å². The molecule has 2 heterocycles. The van der Waals surface area contributed by atoms with Crippen molar-refractivity contribution in [1.82, 2.24) is 0 Å². The summed E-state index contributed by atoms with van der Waals surface area (Å²) in [6.45, 7) is 6.57. The summed E-state index contributed by atoms with van der Waals surface area (Å²) in [6.07, 6.45) is 7.32. The van der Waals surface area contributed by atoms with Crippen molar-refractivity contribution in [1.29, 1.82) is 0 Å². The van der Waals surface area contributed by atoms with Gasteiger partial charge in [0.2, 0.25) is 5.69 Å². The molecule has 0 amide bonds. The lowest BCUT2D eigenvalue weighted by Crippen LogP contribution is -2.31. The van der Waals surface area contributed by atoms with Gasteiger partial charge in [0, 0.05) is 33.4 Å². The average Bonchev–Trinajstić information content (AvgIpc) is 3.53. The Kier molecular flexibility index (Phi) is 4.02. The number of nitrogens with zero attached hydrogens (tertiary/aromatic N) is 1. The highest BCUT2D eigenvalue weighted by molar-refractivity contribution is 6.14. The Labute approximate surface area is 200 Å². The maximum atomic E-state index is 6.93. The van der Waals surface area contributed by atoms with Crippen LogP contribution in [0.1, 0.15) is 53.5 Å². The molecule has 2 aromatic heterocycles. The molecule has 0 radical (unpaired) electrons. The molecule has 0 N–H and O–H groups in total. The van der Waals surface area contributed by atoms with Gasteiger partial charge in [0.05, 0.1) is 5.56 Å². The quantitative estimate of drug-likeness (QED) is 0.241. The largest absolute Gasteiger partial charge is 0.454 e. The van der Waals surface area contributed by atoms with Crippen LogP contribution in [0, 0.1) is 20.8 Å². The molecule has 0 unspecified atom stereocenters. The van der Waals surface area contributed by atoms with E-state index in [0.717, 1.165) is 11.2 Å². The van der Waals surface area contributed by atoms with Crippen LogP contribution in [0.3, 0.4) is 0 Å². The predicted octanol–water partition coefficient (Wildman–Crippen LogP) is 7.84. The number of hydrogen-bond donors (Lipinski definition) is 0. The average molecular weight is 445 g/mol. The number of benzene rings is 3. The first-order chi connectivity index (χ1) is 16.5. The van der Waals surface area contributed by atoms with Crippen LogP contribution in [-0.2, 0) is 12.5 Å². The second-order valence-corrected chi connectivity index (χ2v) is 10.6. The Balaban J connectivity index is 1.59. The van der Waals surface area contributed by atoms with E-state index in [0.29, 0.717) is 0 Å². The van der Waals surface area contributed by atoms with Gasteiger partial charge < -0.3 is 4.42 Å². The topological polar surface area (TPSA) is 17.0 Å². The van der Waals surface area contributed by atoms with Crippen molar-refractivity contribution in [3.05, 3.63) is 88.6 Å². The first-order valence-electron chi connectivity index (χ1n) is 12.6. The van der Waals surface area contributed by atoms with Gasteiger partial charge in [-0.1, -0.05) is 61.4 Å². The number of fused-ring (bicyclic) bond motifs is 9. The second kappa shape index (κ2) is 6.82. The van der Waals surface area contributed by atoms with Crippen LogP contribution in [0.4, 0.5) is 0 Å². The van der Waals surface area contributed by atoms with Gasteiger partial charge in [-0.05, 0) is 61.4 Å². The molecule has 0 aliphatic heterocycles. The number of aryl methyl sites for hydroxylation is 4. The van der Waals surface area contributed by atoms with Crippen LogP contribution in [0.5, 0.6) is 0 Å². The lowest BCUT2D eigenvalue weighted by atomic mass is 9.77. The summed E-state index contributed by atoms with van der Waals surface area (Å²) >= 11 is 0. The normalized spacial score (nSPS) is 16.0. The molecule has 3 aromatic carbocycles. The lowest BCUT2D eigenvalue weighted by molar-refractivity contribution is -0.660. The van der Waals surface area contributed by atoms with Crippen molar-refractivity contribution in [2.45, 2.75) is 51.9 Å². The van der Waals surface area contributed by atoms with Crippen molar-refractivity contribution in [3.63, 3.8) is 0 Å². The molecule has 1 saturated carbocycles. The molecule has 0 atom stereocenters. The minimum Gasteiger partial charge on any atom is -0.454 e. The third-order valence-corrected chi connectivity index (χ3v) is 8.70. The van der Waals surface area contributed by atoms with Crippen molar-refractivity contribution >= 4 is 21.9 Å². The van der Waals surface area contributed by atoms with E-state index in [4.69, 9.17) is 4.42 Å². The van der Waals surface area contributed by atoms with Gasteiger partial charge in [-0.25, -0.2) is 4.57 Å². The van der Waals surface area contributed by atoms with Crippen LogP contribution < -0.4 is 4.57 Å². The van der Waals surface area contributed by atoms with Gasteiger partial charge in [-0.3, -0.25) is 0 Å². The van der Waals surface area contributed by atoms with Crippen molar-refractivity contribution < 1.29 is 8.98 Å². The van der Waals surface area contributed by atoms with E-state index >= 15 is 0 Å². The zero-order valence-electron chi connectivity index (χ0n) is 20.5. The zero-order valence-corrected chi connectivity index (χ0v) is 20.5. The fourth-order valence-corrected chi connectivity index (χ4v) is 6.90. The first-order valence-corrected chi connectivity index (χ1v) is 12.6. The number of rotatable bonds is 1. The fourth-order valence-electron chi connectivity index (χ4n) is 6.90. The fraction of sp³-hybridized carbons (Fsp3) is 0.281. The smallest absolute Gasteiger partial charge is 0.216 e. The summed E-state index contributed by atoms with van der Waals surface area (Å²) < 4.78 is 9.17. The highest BCUT2D eigenvalue weighted by atomic mass is 16.3. The van der Waals surface area contributed by atoms with E-state index in [1.54, 1.807) is 0 Å². The number of aromatic nitrogens is 1. The maximum absolute atomic E-state index is 6.93. The van der Waals surface area contributed by atoms with Crippen LogP contribution in [0.2, 0.25) is 0 Å². The minimum absolute atomic E-state index is 0.165. The Morgan fingerprint density at radius 1 is 0.735 bits per heavy atom. The van der Waals surface area contributed by atoms with E-state index in [9.17, 15) is 0 Å². The summed E-state index contributed by atoms with van der Waals surface area (Å²) in [4.78, 5) is 0. The van der Waals surface area contributed by atoms with E-state index in [2.05, 4.69) is 93.2 Å². The van der Waals surface area contributed by atoms with E-state index in [1.807, 2.05) is 0 Å². The molecular formula is C32H30NO+. The number of pyridine rings is 1. The molecule has 0 saturated heterocycles. The van der Waals surface area contributed by atoms with Crippen molar-refractivity contribution in [2.75, 3.05) is 0 Å². The van der Waals surface area contributed by atoms with Crippen LogP contribution in [0.25, 0.3) is 44.3 Å². The minimum atomic E-state index is 0.165. The second-order valence-electron chi connectivity index (χ2n) is 10.6. The van der Waals surface area contributed by atoms with Gasteiger partial charge in [0.25, 0.3) is 0 Å². The molecule has 2 aliphatic rings. The number of furan rings is 1. The molecule has 5 aromatic rings. The predicted molar refractivity (Wildman–Crippen MR) is 139 cm³/mol. The van der Waals surface area contributed by atoms with E-state index < -0.39 is 0 Å². The Morgan fingerprint density at radius 3 is 2.24 bits per heavy atom.